The van der Waals surface area contributed by atoms with E-state index in [1.54, 1.807) is 11.8 Å². The Bertz CT molecular complexity index is 633. The van der Waals surface area contributed by atoms with E-state index in [-0.39, 0.29) is 5.91 Å². The van der Waals surface area contributed by atoms with Gasteiger partial charge in [0, 0.05) is 35.0 Å². The lowest BCUT2D eigenvalue weighted by molar-refractivity contribution is -0.119. The van der Waals surface area contributed by atoms with E-state index in [0.29, 0.717) is 11.8 Å². The fraction of sp³-hybridized carbons (Fsp3) is 0.550. The van der Waals surface area contributed by atoms with Crippen molar-refractivity contribution in [2.24, 2.45) is 0 Å². The highest BCUT2D eigenvalue weighted by Crippen LogP contribution is 2.28. The molecule has 0 bridgehead atoms. The highest BCUT2D eigenvalue weighted by molar-refractivity contribution is 9.10. The third-order valence-corrected chi connectivity index (χ3v) is 6.54. The van der Waals surface area contributed by atoms with Crippen molar-refractivity contribution in [2.75, 3.05) is 25.4 Å². The molecule has 1 saturated heterocycles. The zero-order valence-corrected chi connectivity index (χ0v) is 18.1. The number of likely N-dealkylation sites (tertiary alicyclic amines) is 1. The fourth-order valence-corrected chi connectivity index (χ4v) is 4.27. The number of aryl methyl sites for hydroxylation is 2. The van der Waals surface area contributed by atoms with Crippen LogP contribution in [0.1, 0.15) is 37.8 Å². The number of thioether (sulfide) groups is 1. The van der Waals surface area contributed by atoms with E-state index in [0.717, 1.165) is 36.9 Å². The van der Waals surface area contributed by atoms with E-state index in [1.807, 2.05) is 0 Å². The molecule has 1 aliphatic rings. The number of hydrogen-bond donors (Lipinski definition) is 1. The Kier molecular flexibility index (Phi) is 8.04. The number of hydrogen-bond acceptors (Lipinski definition) is 3. The number of nitrogens with one attached hydrogen (secondary N) is 1. The Morgan fingerprint density at radius 2 is 1.96 bits per heavy atom. The van der Waals surface area contributed by atoms with Crippen molar-refractivity contribution in [3.05, 3.63) is 39.4 Å². The minimum Gasteiger partial charge on any atom is -0.353 e. The molecule has 0 saturated carbocycles. The van der Waals surface area contributed by atoms with Crippen LogP contribution in [0.5, 0.6) is 0 Å². The third kappa shape index (κ3) is 6.80. The average Bonchev–Trinajstić information content (AvgIpc) is 2.56. The summed E-state index contributed by atoms with van der Waals surface area (Å²) >= 11 is 5.18. The summed E-state index contributed by atoms with van der Waals surface area (Å²) in [6.07, 6.45) is 4.37. The van der Waals surface area contributed by atoms with Crippen molar-refractivity contribution in [3.63, 3.8) is 0 Å². The molecule has 1 N–H and O–H groups in total. The van der Waals surface area contributed by atoms with E-state index in [1.165, 1.54) is 21.6 Å². The molecule has 0 radical (unpaired) electrons. The maximum atomic E-state index is 12.3. The fourth-order valence-electron chi connectivity index (χ4n) is 2.89. The average molecular weight is 425 g/mol. The molecule has 1 amide bonds. The number of rotatable bonds is 6. The number of carbonyl (C=O) groups excluding carboxylic acids is 1. The van der Waals surface area contributed by atoms with Crippen LogP contribution in [-0.2, 0) is 4.79 Å². The van der Waals surface area contributed by atoms with Crippen LogP contribution in [0.3, 0.4) is 0 Å². The van der Waals surface area contributed by atoms with Gasteiger partial charge in [0.1, 0.15) is 0 Å². The monoisotopic (exact) mass is 424 g/mol. The number of amides is 1. The Balaban J connectivity index is 1.75. The number of halogens is 1. The van der Waals surface area contributed by atoms with Crippen LogP contribution in [0, 0.1) is 13.8 Å². The Hall–Kier alpha value is -0.780. The van der Waals surface area contributed by atoms with Crippen molar-refractivity contribution >= 4 is 33.6 Å². The highest BCUT2D eigenvalue weighted by Gasteiger charge is 2.20. The second-order valence-electron chi connectivity index (χ2n) is 7.08. The molecule has 5 heteroatoms. The predicted molar refractivity (Wildman–Crippen MR) is 111 cm³/mol. The summed E-state index contributed by atoms with van der Waals surface area (Å²) in [6, 6.07) is 4.60. The molecule has 1 aromatic rings. The van der Waals surface area contributed by atoms with Crippen LogP contribution in [0.25, 0.3) is 0 Å². The molecule has 1 aromatic carbocycles. The zero-order valence-electron chi connectivity index (χ0n) is 15.7. The van der Waals surface area contributed by atoms with Gasteiger partial charge in [-0.05, 0) is 63.8 Å². The molecule has 0 aliphatic carbocycles. The van der Waals surface area contributed by atoms with Gasteiger partial charge in [0.25, 0.3) is 0 Å². The maximum Gasteiger partial charge on any atom is 0.230 e. The van der Waals surface area contributed by atoms with Crippen molar-refractivity contribution in [3.8, 4) is 0 Å². The molecular formula is C20H29BrN2OS. The first kappa shape index (κ1) is 20.5. The number of carbonyl (C=O) groups is 1. The van der Waals surface area contributed by atoms with Gasteiger partial charge in [0.15, 0.2) is 0 Å². The SMILES string of the molecule is CC(C)=CCN1CCC(NC(=O)CSc2cc(C)c(Br)cc2C)CC1. The zero-order chi connectivity index (χ0) is 18.4. The first-order chi connectivity index (χ1) is 11.8. The second-order valence-corrected chi connectivity index (χ2v) is 8.95. The van der Waals surface area contributed by atoms with Gasteiger partial charge in [-0.1, -0.05) is 27.6 Å². The minimum absolute atomic E-state index is 0.146. The largest absolute Gasteiger partial charge is 0.353 e. The number of allylic oxidation sites excluding steroid dienone is 1. The van der Waals surface area contributed by atoms with E-state index in [4.69, 9.17) is 0 Å². The molecule has 3 nitrogen and oxygen atoms in total. The first-order valence-electron chi connectivity index (χ1n) is 8.89. The normalized spacial score (nSPS) is 15.9. The van der Waals surface area contributed by atoms with E-state index >= 15 is 0 Å². The molecule has 25 heavy (non-hydrogen) atoms. The summed E-state index contributed by atoms with van der Waals surface area (Å²) < 4.78 is 1.12. The van der Waals surface area contributed by atoms with Gasteiger partial charge in [-0.15, -0.1) is 11.8 Å². The standard InChI is InChI=1S/C20H29BrN2OS/c1-14(2)5-8-23-9-6-17(7-10-23)22-20(24)13-25-19-12-15(3)18(21)11-16(19)4/h5,11-12,17H,6-10,13H2,1-4H3,(H,22,24). The van der Waals surface area contributed by atoms with E-state index < -0.39 is 0 Å². The maximum absolute atomic E-state index is 12.3. The second kappa shape index (κ2) is 9.79. The lowest BCUT2D eigenvalue weighted by Crippen LogP contribution is -2.45. The smallest absolute Gasteiger partial charge is 0.230 e. The highest BCUT2D eigenvalue weighted by atomic mass is 79.9. The summed E-state index contributed by atoms with van der Waals surface area (Å²) in [5.74, 6) is 0.632. The molecule has 0 spiro atoms. The number of nitrogens with zero attached hydrogens (tertiary/aromatic N) is 1. The van der Waals surface area contributed by atoms with Crippen LogP contribution in [0.2, 0.25) is 0 Å². The van der Waals surface area contributed by atoms with Crippen LogP contribution in [0.4, 0.5) is 0 Å². The molecular weight excluding hydrogens is 396 g/mol. The van der Waals surface area contributed by atoms with Crippen molar-refractivity contribution < 1.29 is 4.79 Å². The van der Waals surface area contributed by atoms with Crippen molar-refractivity contribution in [2.45, 2.75) is 51.5 Å². The molecule has 0 aromatic heterocycles. The molecule has 0 unspecified atom stereocenters. The topological polar surface area (TPSA) is 32.3 Å². The molecule has 0 atom stereocenters. The van der Waals surface area contributed by atoms with Gasteiger partial charge in [0.05, 0.1) is 5.75 Å². The van der Waals surface area contributed by atoms with Crippen LogP contribution < -0.4 is 5.32 Å². The van der Waals surface area contributed by atoms with E-state index in [9.17, 15) is 4.79 Å². The molecule has 1 heterocycles. The van der Waals surface area contributed by atoms with Crippen molar-refractivity contribution in [1.82, 2.24) is 10.2 Å². The lowest BCUT2D eigenvalue weighted by Gasteiger charge is -2.31. The van der Waals surface area contributed by atoms with Crippen LogP contribution in [-0.4, -0.2) is 42.2 Å². The van der Waals surface area contributed by atoms with Gasteiger partial charge >= 0.3 is 0 Å². The Labute approximate surface area is 164 Å². The van der Waals surface area contributed by atoms with Gasteiger partial charge in [-0.3, -0.25) is 9.69 Å². The Morgan fingerprint density at radius 3 is 2.60 bits per heavy atom. The van der Waals surface area contributed by atoms with E-state index in [2.05, 4.69) is 72.1 Å². The third-order valence-electron chi connectivity index (χ3n) is 4.53. The van der Waals surface area contributed by atoms with Crippen LogP contribution in [0.15, 0.2) is 33.2 Å². The quantitative estimate of drug-likeness (QED) is 0.530. The minimum atomic E-state index is 0.146. The number of piperidine rings is 1. The van der Waals surface area contributed by atoms with Crippen molar-refractivity contribution in [1.29, 1.82) is 0 Å². The van der Waals surface area contributed by atoms with Gasteiger partial charge < -0.3 is 5.32 Å². The first-order valence-corrected chi connectivity index (χ1v) is 10.7. The molecule has 1 aliphatic heterocycles. The van der Waals surface area contributed by atoms with Gasteiger partial charge in [-0.2, -0.15) is 0 Å². The molecule has 1 fully saturated rings. The number of benzene rings is 1. The predicted octanol–water partition coefficient (Wildman–Crippen LogP) is 4.70. The summed E-state index contributed by atoms with van der Waals surface area (Å²) in [6.45, 7) is 11.6. The molecule has 138 valence electrons. The van der Waals surface area contributed by atoms with Gasteiger partial charge in [0.2, 0.25) is 5.91 Å². The molecule has 2 rings (SSSR count). The summed E-state index contributed by atoms with van der Waals surface area (Å²) in [5.41, 5.74) is 3.78. The Morgan fingerprint density at radius 1 is 1.28 bits per heavy atom. The summed E-state index contributed by atoms with van der Waals surface area (Å²) in [5, 5.41) is 3.21. The lowest BCUT2D eigenvalue weighted by atomic mass is 10.0. The summed E-state index contributed by atoms with van der Waals surface area (Å²) in [4.78, 5) is 15.9. The summed E-state index contributed by atoms with van der Waals surface area (Å²) in [7, 11) is 0. The van der Waals surface area contributed by atoms with Gasteiger partial charge in [-0.25, -0.2) is 0 Å². The van der Waals surface area contributed by atoms with Crippen LogP contribution >= 0.6 is 27.7 Å².